The van der Waals surface area contributed by atoms with Gasteiger partial charge in [-0.05, 0) is 86.9 Å². The molecule has 3 aromatic rings. The summed E-state index contributed by atoms with van der Waals surface area (Å²) in [5.41, 5.74) is 4.68. The molecule has 5 rings (SSSR count). The highest BCUT2D eigenvalue weighted by Crippen LogP contribution is 2.29. The molecule has 0 aliphatic carbocycles. The van der Waals surface area contributed by atoms with Crippen LogP contribution in [0.25, 0.3) is 0 Å². The minimum absolute atomic E-state index is 0.0450. The van der Waals surface area contributed by atoms with E-state index in [2.05, 4.69) is 30.3 Å². The van der Waals surface area contributed by atoms with E-state index in [0.29, 0.717) is 36.0 Å². The highest BCUT2D eigenvalue weighted by Gasteiger charge is 2.20. The molecule has 2 fully saturated rings. The van der Waals surface area contributed by atoms with E-state index in [1.165, 1.54) is 25.0 Å². The molecule has 1 N–H and O–H groups in total. The number of benzene rings is 2. The standard InChI is InChI=1S/C29H36N8O4/c1-2-40-26-19-23(11-14-25(26)41-21-22-9-12-24(13-10-22)37(38)39)20-30-34-27-31-28(35-15-5-3-6-16-35)33-29(32-27)36-17-7-4-8-18-36/h9-14,19-20H,2-8,15-18,21H2,1H3,(H,31,32,33,34)/b30-20-. The Morgan fingerprint density at radius 3 is 2.10 bits per heavy atom. The van der Waals surface area contributed by atoms with Gasteiger partial charge in [0, 0.05) is 38.3 Å². The van der Waals surface area contributed by atoms with Crippen LogP contribution in [0.15, 0.2) is 47.6 Å². The van der Waals surface area contributed by atoms with Crippen LogP contribution in [0.4, 0.5) is 23.5 Å². The predicted molar refractivity (Wildman–Crippen MR) is 158 cm³/mol. The summed E-state index contributed by atoms with van der Waals surface area (Å²) in [7, 11) is 0. The summed E-state index contributed by atoms with van der Waals surface area (Å²) in [5, 5.41) is 15.3. The van der Waals surface area contributed by atoms with Crippen molar-refractivity contribution in [3.05, 3.63) is 63.7 Å². The molecule has 0 amide bonds. The van der Waals surface area contributed by atoms with Crippen molar-refractivity contribution in [2.45, 2.75) is 52.1 Å². The van der Waals surface area contributed by atoms with Crippen LogP contribution in [0.5, 0.6) is 11.5 Å². The molecule has 2 aromatic carbocycles. The Labute approximate surface area is 239 Å². The van der Waals surface area contributed by atoms with Crippen LogP contribution in [0, 0.1) is 10.1 Å². The summed E-state index contributed by atoms with van der Waals surface area (Å²) in [4.78, 5) is 29.1. The van der Waals surface area contributed by atoms with Crippen LogP contribution >= 0.6 is 0 Å². The number of anilines is 3. The van der Waals surface area contributed by atoms with Gasteiger partial charge in [-0.2, -0.15) is 20.1 Å². The van der Waals surface area contributed by atoms with Crippen molar-refractivity contribution >= 4 is 29.7 Å². The van der Waals surface area contributed by atoms with E-state index in [4.69, 9.17) is 14.5 Å². The molecule has 12 nitrogen and oxygen atoms in total. The number of hydrazone groups is 1. The topological polar surface area (TPSA) is 131 Å². The lowest BCUT2D eigenvalue weighted by Crippen LogP contribution is -2.34. The van der Waals surface area contributed by atoms with Crippen molar-refractivity contribution in [3.63, 3.8) is 0 Å². The Morgan fingerprint density at radius 2 is 1.51 bits per heavy atom. The number of hydrogen-bond acceptors (Lipinski definition) is 11. The van der Waals surface area contributed by atoms with Gasteiger partial charge in [0.15, 0.2) is 11.5 Å². The van der Waals surface area contributed by atoms with Gasteiger partial charge in [-0.3, -0.25) is 10.1 Å². The highest BCUT2D eigenvalue weighted by molar-refractivity contribution is 5.81. The molecule has 0 saturated carbocycles. The van der Waals surface area contributed by atoms with Crippen LogP contribution in [0.1, 0.15) is 56.6 Å². The first-order chi connectivity index (χ1) is 20.1. The van der Waals surface area contributed by atoms with Gasteiger partial charge in [0.1, 0.15) is 6.61 Å². The predicted octanol–water partition coefficient (Wildman–Crippen LogP) is 5.18. The van der Waals surface area contributed by atoms with E-state index in [1.807, 2.05) is 25.1 Å². The van der Waals surface area contributed by atoms with Crippen molar-refractivity contribution in [1.29, 1.82) is 0 Å². The number of piperidine rings is 2. The Bertz CT molecular complexity index is 1300. The van der Waals surface area contributed by atoms with Crippen LogP contribution in [-0.4, -0.2) is 58.9 Å². The van der Waals surface area contributed by atoms with Gasteiger partial charge in [0.2, 0.25) is 17.8 Å². The summed E-state index contributed by atoms with van der Waals surface area (Å²) in [5.74, 6) is 2.98. The summed E-state index contributed by atoms with van der Waals surface area (Å²) in [6.07, 6.45) is 8.72. The molecule has 0 unspecified atom stereocenters. The molecule has 0 radical (unpaired) electrons. The van der Waals surface area contributed by atoms with Gasteiger partial charge in [0.25, 0.3) is 5.69 Å². The maximum atomic E-state index is 10.9. The van der Waals surface area contributed by atoms with Gasteiger partial charge in [-0.25, -0.2) is 5.43 Å². The average molecular weight is 561 g/mol. The number of nitro benzene ring substituents is 1. The Hall–Kier alpha value is -4.48. The smallest absolute Gasteiger partial charge is 0.269 e. The van der Waals surface area contributed by atoms with Crippen molar-refractivity contribution in [3.8, 4) is 11.5 Å². The highest BCUT2D eigenvalue weighted by atomic mass is 16.6. The maximum Gasteiger partial charge on any atom is 0.269 e. The van der Waals surface area contributed by atoms with Gasteiger partial charge in [0.05, 0.1) is 17.7 Å². The third kappa shape index (κ3) is 7.59. The minimum atomic E-state index is -0.422. The van der Waals surface area contributed by atoms with Crippen LogP contribution in [0.3, 0.4) is 0 Å². The Morgan fingerprint density at radius 1 is 0.878 bits per heavy atom. The lowest BCUT2D eigenvalue weighted by molar-refractivity contribution is -0.384. The van der Waals surface area contributed by atoms with E-state index < -0.39 is 4.92 Å². The number of rotatable bonds is 11. The fraction of sp³-hybridized carbons (Fsp3) is 0.448. The monoisotopic (exact) mass is 560 g/mol. The van der Waals surface area contributed by atoms with Crippen LogP contribution < -0.4 is 24.7 Å². The Balaban J connectivity index is 1.28. The summed E-state index contributed by atoms with van der Waals surface area (Å²) >= 11 is 0. The van der Waals surface area contributed by atoms with E-state index in [0.717, 1.165) is 63.0 Å². The summed E-state index contributed by atoms with van der Waals surface area (Å²) in [6, 6.07) is 11.8. The molecular weight excluding hydrogens is 524 g/mol. The molecule has 0 bridgehead atoms. The number of non-ortho nitro benzene ring substituents is 1. The zero-order valence-corrected chi connectivity index (χ0v) is 23.4. The lowest BCUT2D eigenvalue weighted by atomic mass is 10.1. The van der Waals surface area contributed by atoms with E-state index in [9.17, 15) is 10.1 Å². The third-order valence-electron chi connectivity index (χ3n) is 7.08. The second kappa shape index (κ2) is 13.7. The molecule has 1 aromatic heterocycles. The second-order valence-corrected chi connectivity index (χ2v) is 10.1. The van der Waals surface area contributed by atoms with Crippen molar-refractivity contribution in [2.75, 3.05) is 48.0 Å². The number of nitro groups is 1. The van der Waals surface area contributed by atoms with Gasteiger partial charge in [-0.1, -0.05) is 0 Å². The molecule has 216 valence electrons. The summed E-state index contributed by atoms with van der Waals surface area (Å²) in [6.45, 7) is 6.43. The zero-order chi connectivity index (χ0) is 28.4. The van der Waals surface area contributed by atoms with E-state index in [-0.39, 0.29) is 12.3 Å². The number of hydrogen-bond donors (Lipinski definition) is 1. The average Bonchev–Trinajstić information content (AvgIpc) is 3.02. The molecule has 0 spiro atoms. The quantitative estimate of drug-likeness (QED) is 0.190. The number of ether oxygens (including phenoxy) is 2. The number of aromatic nitrogens is 3. The number of nitrogens with zero attached hydrogens (tertiary/aromatic N) is 7. The molecule has 2 aliphatic rings. The number of nitrogens with one attached hydrogen (secondary N) is 1. The molecular formula is C29H36N8O4. The Kier molecular flexibility index (Phi) is 9.40. The SMILES string of the molecule is CCOc1cc(/C=N\Nc2nc(N3CCCCC3)nc(N3CCCCC3)n2)ccc1OCc1ccc([N+](=O)[O-])cc1. The second-order valence-electron chi connectivity index (χ2n) is 10.1. The normalized spacial score (nSPS) is 15.6. The molecule has 3 heterocycles. The molecule has 41 heavy (non-hydrogen) atoms. The lowest BCUT2D eigenvalue weighted by Gasteiger charge is -2.30. The molecule has 2 aliphatic heterocycles. The van der Waals surface area contributed by atoms with Crippen LogP contribution in [-0.2, 0) is 6.61 Å². The first-order valence-corrected chi connectivity index (χ1v) is 14.3. The summed E-state index contributed by atoms with van der Waals surface area (Å²) < 4.78 is 11.8. The third-order valence-corrected chi connectivity index (χ3v) is 7.08. The minimum Gasteiger partial charge on any atom is -0.490 e. The van der Waals surface area contributed by atoms with E-state index >= 15 is 0 Å². The van der Waals surface area contributed by atoms with Crippen LogP contribution in [0.2, 0.25) is 0 Å². The fourth-order valence-electron chi connectivity index (χ4n) is 4.91. The van der Waals surface area contributed by atoms with Crippen molar-refractivity contribution < 1.29 is 14.4 Å². The first-order valence-electron chi connectivity index (χ1n) is 14.3. The van der Waals surface area contributed by atoms with Crippen molar-refractivity contribution in [1.82, 2.24) is 15.0 Å². The van der Waals surface area contributed by atoms with E-state index in [1.54, 1.807) is 18.3 Å². The van der Waals surface area contributed by atoms with Crippen molar-refractivity contribution in [2.24, 2.45) is 5.10 Å². The van der Waals surface area contributed by atoms with Gasteiger partial charge in [-0.15, -0.1) is 0 Å². The maximum absolute atomic E-state index is 10.9. The molecule has 2 saturated heterocycles. The molecule has 12 heteroatoms. The first kappa shape index (κ1) is 28.1. The zero-order valence-electron chi connectivity index (χ0n) is 23.4. The molecule has 0 atom stereocenters. The van der Waals surface area contributed by atoms with Gasteiger partial charge < -0.3 is 19.3 Å². The fourth-order valence-corrected chi connectivity index (χ4v) is 4.91. The van der Waals surface area contributed by atoms with Gasteiger partial charge >= 0.3 is 0 Å². The largest absolute Gasteiger partial charge is 0.490 e.